The Balaban J connectivity index is 1.42. The second-order valence-corrected chi connectivity index (χ2v) is 10.9. The number of aromatic nitrogens is 8. The Kier molecular flexibility index (Phi) is 5.69. The predicted octanol–water partition coefficient (Wildman–Crippen LogP) is 6.20. The molecule has 214 valence electrons. The van der Waals surface area contributed by atoms with E-state index in [2.05, 4.69) is 19.9 Å². The van der Waals surface area contributed by atoms with Gasteiger partial charge < -0.3 is 4.57 Å². The quantitative estimate of drug-likeness (QED) is 0.222. The normalized spacial score (nSPS) is 14.0. The first-order valence-corrected chi connectivity index (χ1v) is 13.7. The molecule has 0 unspecified atom stereocenters. The lowest BCUT2D eigenvalue weighted by molar-refractivity contribution is -0.143. The van der Waals surface area contributed by atoms with Gasteiger partial charge in [-0.15, -0.1) is 0 Å². The van der Waals surface area contributed by atoms with Gasteiger partial charge in [0.15, 0.2) is 11.6 Å². The lowest BCUT2D eigenvalue weighted by atomic mass is 9.99. The molecule has 4 heterocycles. The zero-order chi connectivity index (χ0) is 29.5. The van der Waals surface area contributed by atoms with Gasteiger partial charge in [-0.05, 0) is 31.0 Å². The monoisotopic (exact) mass is 572 g/mol. The molecule has 0 N–H and O–H groups in total. The minimum Gasteiger partial charge on any atom is -0.330 e. The van der Waals surface area contributed by atoms with Crippen molar-refractivity contribution >= 4 is 27.6 Å². The number of carbonyl (C=O) groups is 1. The maximum absolute atomic E-state index is 13.4. The molecule has 6 aromatic rings. The molecular weight excluding hydrogens is 545 g/mol. The third kappa shape index (κ3) is 4.12. The van der Waals surface area contributed by atoms with E-state index in [1.807, 2.05) is 57.5 Å². The Morgan fingerprint density at radius 1 is 0.976 bits per heavy atom. The van der Waals surface area contributed by atoms with E-state index < -0.39 is 11.9 Å². The van der Waals surface area contributed by atoms with Crippen LogP contribution in [0.1, 0.15) is 53.8 Å². The molecule has 1 saturated carbocycles. The molecule has 4 aromatic heterocycles. The molecule has 0 saturated heterocycles. The molecule has 1 aliphatic rings. The van der Waals surface area contributed by atoms with Gasteiger partial charge in [0.2, 0.25) is 0 Å². The van der Waals surface area contributed by atoms with E-state index in [1.54, 1.807) is 10.9 Å². The molecule has 1 aliphatic carbocycles. The average molecular weight is 573 g/mol. The summed E-state index contributed by atoms with van der Waals surface area (Å²) in [5, 5.41) is 14.8. The molecule has 0 spiro atoms. The molecule has 7 rings (SSSR count). The van der Waals surface area contributed by atoms with Crippen LogP contribution in [0.2, 0.25) is 0 Å². The van der Waals surface area contributed by atoms with Crippen LogP contribution < -0.4 is 0 Å². The molecule has 0 aliphatic heterocycles. The zero-order valence-electron chi connectivity index (χ0n) is 23.4. The summed E-state index contributed by atoms with van der Waals surface area (Å²) in [4.78, 5) is 18.3. The summed E-state index contributed by atoms with van der Waals surface area (Å²) < 4.78 is 46.3. The highest BCUT2D eigenvalue weighted by molar-refractivity contribution is 6.05. The number of benzene rings is 2. The summed E-state index contributed by atoms with van der Waals surface area (Å²) in [5.74, 6) is 1.07. The van der Waals surface area contributed by atoms with Crippen LogP contribution in [0.15, 0.2) is 48.8 Å². The largest absolute Gasteiger partial charge is 0.433 e. The van der Waals surface area contributed by atoms with Gasteiger partial charge in [-0.2, -0.15) is 28.5 Å². The minimum atomic E-state index is -4.53. The van der Waals surface area contributed by atoms with Gasteiger partial charge in [-0.25, -0.2) is 9.67 Å². The van der Waals surface area contributed by atoms with Crippen molar-refractivity contribution in [1.82, 2.24) is 38.9 Å². The van der Waals surface area contributed by atoms with Gasteiger partial charge in [0, 0.05) is 85.1 Å². The molecule has 2 aromatic carbocycles. The highest BCUT2D eigenvalue weighted by atomic mass is 19.4. The molecule has 0 radical (unpaired) electrons. The number of hydrogen-bond acceptors (Lipinski definition) is 5. The van der Waals surface area contributed by atoms with Gasteiger partial charge >= 0.3 is 6.18 Å². The van der Waals surface area contributed by atoms with Gasteiger partial charge in [-0.3, -0.25) is 14.2 Å². The maximum Gasteiger partial charge on any atom is 0.433 e. The number of carbonyl (C=O) groups excluding carboxylic acids is 1. The van der Waals surface area contributed by atoms with Crippen LogP contribution in [0.5, 0.6) is 0 Å². The number of alkyl halides is 3. The highest BCUT2D eigenvalue weighted by Crippen LogP contribution is 2.47. The summed E-state index contributed by atoms with van der Waals surface area (Å²) in [6.07, 6.45) is 1.49. The molecule has 0 amide bonds. The summed E-state index contributed by atoms with van der Waals surface area (Å²) in [5.41, 5.74) is 4.48. The van der Waals surface area contributed by atoms with Crippen molar-refractivity contribution in [3.63, 3.8) is 0 Å². The lowest BCUT2D eigenvalue weighted by Crippen LogP contribution is -2.11. The fourth-order valence-electron chi connectivity index (χ4n) is 5.77. The number of nitrogens with zero attached hydrogens (tertiary/aromatic N) is 8. The fraction of sp³-hybridized carbons (Fsp3) is 0.300. The average Bonchev–Trinajstić information content (AvgIpc) is 3.24. The number of fused-ring (bicyclic) bond motifs is 2. The highest BCUT2D eigenvalue weighted by Gasteiger charge is 2.36. The van der Waals surface area contributed by atoms with Crippen LogP contribution in [-0.4, -0.2) is 44.7 Å². The smallest absolute Gasteiger partial charge is 0.330 e. The second kappa shape index (κ2) is 9.13. The van der Waals surface area contributed by atoms with E-state index in [-0.39, 0.29) is 11.6 Å². The van der Waals surface area contributed by atoms with Crippen LogP contribution in [0.3, 0.4) is 0 Å². The fourth-order valence-corrected chi connectivity index (χ4v) is 5.77. The van der Waals surface area contributed by atoms with Gasteiger partial charge in [0.25, 0.3) is 0 Å². The first kappa shape index (κ1) is 26.2. The van der Waals surface area contributed by atoms with E-state index in [1.165, 1.54) is 11.7 Å². The van der Waals surface area contributed by atoms with Gasteiger partial charge in [0.05, 0.1) is 16.7 Å². The summed E-state index contributed by atoms with van der Waals surface area (Å²) >= 11 is 0. The van der Waals surface area contributed by atoms with Crippen molar-refractivity contribution in [3.8, 4) is 28.5 Å². The standard InChI is InChI=1S/C30H27F3N8O/c1-5-24(42)19-12-23-17(14-38(2)35-23)11-20(19)29-34-27(28(39(29)3)16-9-10-16)18-7-6-8-22-21(18)15-41(36-22)26-13-25(30(31,32)33)40(4)37-26/h6-8,11-16H,5,9-10H2,1-4H3. The van der Waals surface area contributed by atoms with Crippen LogP contribution >= 0.6 is 0 Å². The summed E-state index contributed by atoms with van der Waals surface area (Å²) in [6, 6.07) is 10.4. The lowest BCUT2D eigenvalue weighted by Gasteiger charge is -2.10. The Morgan fingerprint density at radius 2 is 1.76 bits per heavy atom. The third-order valence-corrected chi connectivity index (χ3v) is 7.92. The molecule has 42 heavy (non-hydrogen) atoms. The number of ketones is 1. The first-order valence-electron chi connectivity index (χ1n) is 13.7. The van der Waals surface area contributed by atoms with Gasteiger partial charge in [-0.1, -0.05) is 19.1 Å². The van der Waals surface area contributed by atoms with Crippen molar-refractivity contribution in [2.24, 2.45) is 21.1 Å². The number of imidazole rings is 1. The van der Waals surface area contributed by atoms with Crippen LogP contribution in [0, 0.1) is 0 Å². The Morgan fingerprint density at radius 3 is 2.45 bits per heavy atom. The number of Topliss-reactive ketones (excluding diaryl/α,β-unsaturated/α-hetero) is 1. The maximum atomic E-state index is 13.4. The van der Waals surface area contributed by atoms with E-state index >= 15 is 0 Å². The third-order valence-electron chi connectivity index (χ3n) is 7.92. The predicted molar refractivity (Wildman–Crippen MR) is 151 cm³/mol. The molecule has 9 nitrogen and oxygen atoms in total. The van der Waals surface area contributed by atoms with Crippen LogP contribution in [0.4, 0.5) is 13.2 Å². The summed E-state index contributed by atoms with van der Waals surface area (Å²) in [6.45, 7) is 1.84. The molecular formula is C30H27F3N8O. The van der Waals surface area contributed by atoms with E-state index in [9.17, 15) is 18.0 Å². The Bertz CT molecular complexity index is 2040. The number of halogens is 3. The van der Waals surface area contributed by atoms with E-state index in [0.29, 0.717) is 29.2 Å². The van der Waals surface area contributed by atoms with Crippen molar-refractivity contribution in [2.45, 2.75) is 38.3 Å². The number of hydrogen-bond donors (Lipinski definition) is 0. The summed E-state index contributed by atoms with van der Waals surface area (Å²) in [7, 11) is 5.09. The molecule has 0 bridgehead atoms. The topological polar surface area (TPSA) is 88.3 Å². The molecule has 1 fully saturated rings. The van der Waals surface area contributed by atoms with Crippen LogP contribution in [-0.2, 0) is 27.3 Å². The number of aryl methyl sites for hydroxylation is 2. The Hall–Kier alpha value is -4.74. The van der Waals surface area contributed by atoms with Crippen LogP contribution in [0.25, 0.3) is 50.3 Å². The van der Waals surface area contributed by atoms with Crippen molar-refractivity contribution in [3.05, 3.63) is 65.7 Å². The second-order valence-electron chi connectivity index (χ2n) is 10.9. The molecule has 12 heteroatoms. The number of rotatable bonds is 6. The van der Waals surface area contributed by atoms with Crippen molar-refractivity contribution < 1.29 is 18.0 Å². The first-order chi connectivity index (χ1) is 20.0. The van der Waals surface area contributed by atoms with Crippen molar-refractivity contribution in [1.29, 1.82) is 0 Å². The Labute approximate surface area is 238 Å². The molecule has 0 atom stereocenters. The SMILES string of the molecule is CCC(=O)c1cc2nn(C)cc2cc1-c1nc(-c2cccc3nn(-c4cc(C(F)(F)F)n(C)n4)cc23)c(C2CC2)n1C. The zero-order valence-corrected chi connectivity index (χ0v) is 23.4. The van der Waals surface area contributed by atoms with Gasteiger partial charge in [0.1, 0.15) is 11.5 Å². The minimum absolute atomic E-state index is 0.00652. The van der Waals surface area contributed by atoms with E-state index in [0.717, 1.165) is 62.4 Å². The van der Waals surface area contributed by atoms with E-state index in [4.69, 9.17) is 4.98 Å². The van der Waals surface area contributed by atoms with Crippen molar-refractivity contribution in [2.75, 3.05) is 0 Å².